The first-order chi connectivity index (χ1) is 9.63. The molecule has 2 heterocycles. The van der Waals surface area contributed by atoms with Crippen LogP contribution in [0.15, 0.2) is 34.4 Å². The molecule has 102 valence electrons. The largest absolute Gasteiger partial charge is 0.324 e. The fourth-order valence-corrected chi connectivity index (χ4v) is 2.66. The molecule has 0 fully saturated rings. The number of imidazole rings is 1. The van der Waals surface area contributed by atoms with Gasteiger partial charge in [0.1, 0.15) is 6.54 Å². The van der Waals surface area contributed by atoms with Crippen LogP contribution < -0.4 is 10.2 Å². The smallest absolute Gasteiger partial charge is 0.307 e. The minimum Gasteiger partial charge on any atom is -0.324 e. The van der Waals surface area contributed by atoms with Crippen molar-refractivity contribution in [2.75, 3.05) is 5.32 Å². The van der Waals surface area contributed by atoms with Crippen LogP contribution in [0.1, 0.15) is 5.69 Å². The van der Waals surface area contributed by atoms with Crippen molar-refractivity contribution in [1.82, 2.24) is 14.5 Å². The van der Waals surface area contributed by atoms with Crippen molar-refractivity contribution < 1.29 is 4.79 Å². The predicted molar refractivity (Wildman–Crippen MR) is 78.0 cm³/mol. The lowest BCUT2D eigenvalue weighted by molar-refractivity contribution is -0.116. The minimum absolute atomic E-state index is 0.00872. The summed E-state index contributed by atoms with van der Waals surface area (Å²) in [5, 5.41) is 4.40. The Morgan fingerprint density at radius 2 is 2.25 bits per heavy atom. The number of anilines is 1. The highest BCUT2D eigenvalue weighted by Gasteiger charge is 2.10. The quantitative estimate of drug-likeness (QED) is 0.770. The minimum atomic E-state index is -0.285. The third-order valence-electron chi connectivity index (χ3n) is 2.93. The Balaban J connectivity index is 1.77. The van der Waals surface area contributed by atoms with Crippen LogP contribution in [0.4, 0.5) is 5.95 Å². The van der Waals surface area contributed by atoms with Crippen molar-refractivity contribution in [2.24, 2.45) is 0 Å². The van der Waals surface area contributed by atoms with E-state index in [9.17, 15) is 9.59 Å². The van der Waals surface area contributed by atoms with Gasteiger partial charge in [-0.2, -0.15) is 0 Å². The van der Waals surface area contributed by atoms with E-state index in [-0.39, 0.29) is 17.3 Å². The van der Waals surface area contributed by atoms with E-state index in [0.29, 0.717) is 5.95 Å². The molecule has 3 aromatic rings. The highest BCUT2D eigenvalue weighted by Crippen LogP contribution is 2.13. The molecule has 2 N–H and O–H groups in total. The molecule has 0 atom stereocenters. The first kappa shape index (κ1) is 12.6. The van der Waals surface area contributed by atoms with E-state index in [2.05, 4.69) is 15.3 Å². The maximum atomic E-state index is 11.9. The van der Waals surface area contributed by atoms with Gasteiger partial charge in [0.25, 0.3) is 0 Å². The zero-order chi connectivity index (χ0) is 14.1. The molecule has 3 rings (SSSR count). The molecule has 6 nitrogen and oxygen atoms in total. The van der Waals surface area contributed by atoms with Gasteiger partial charge >= 0.3 is 4.87 Å². The summed E-state index contributed by atoms with van der Waals surface area (Å²) in [4.78, 5) is 30.6. The maximum Gasteiger partial charge on any atom is 0.307 e. The zero-order valence-electron chi connectivity index (χ0n) is 10.7. The van der Waals surface area contributed by atoms with Crippen molar-refractivity contribution in [3.05, 3.63) is 45.0 Å². The number of aromatic nitrogens is 3. The number of hydrogen-bond donors (Lipinski definition) is 2. The van der Waals surface area contributed by atoms with Crippen LogP contribution in [0.2, 0.25) is 0 Å². The fourth-order valence-electron chi connectivity index (χ4n) is 1.92. The molecule has 0 radical (unpaired) electrons. The van der Waals surface area contributed by atoms with Gasteiger partial charge in [0.15, 0.2) is 0 Å². The van der Waals surface area contributed by atoms with Gasteiger partial charge in [0.2, 0.25) is 11.9 Å². The monoisotopic (exact) mass is 288 g/mol. The first-order valence-electron chi connectivity index (χ1n) is 6.03. The van der Waals surface area contributed by atoms with E-state index < -0.39 is 0 Å². The summed E-state index contributed by atoms with van der Waals surface area (Å²) in [6, 6.07) is 7.50. The van der Waals surface area contributed by atoms with E-state index in [1.54, 1.807) is 12.3 Å². The number of rotatable bonds is 3. The van der Waals surface area contributed by atoms with Gasteiger partial charge in [-0.15, -0.1) is 0 Å². The van der Waals surface area contributed by atoms with Crippen LogP contribution in [0.5, 0.6) is 0 Å². The van der Waals surface area contributed by atoms with Crippen molar-refractivity contribution in [3.63, 3.8) is 0 Å². The number of carbonyl (C=O) groups is 1. The molecule has 20 heavy (non-hydrogen) atoms. The van der Waals surface area contributed by atoms with E-state index in [1.165, 1.54) is 4.57 Å². The van der Waals surface area contributed by atoms with Gasteiger partial charge in [-0.25, -0.2) is 4.98 Å². The molecule has 7 heteroatoms. The summed E-state index contributed by atoms with van der Waals surface area (Å²) in [7, 11) is 0. The Hall–Kier alpha value is -2.41. The van der Waals surface area contributed by atoms with Crippen LogP contribution >= 0.6 is 11.3 Å². The molecule has 0 aliphatic rings. The topological polar surface area (TPSA) is 79.8 Å². The average Bonchev–Trinajstić information content (AvgIpc) is 2.96. The maximum absolute atomic E-state index is 11.9. The molecule has 0 unspecified atom stereocenters. The van der Waals surface area contributed by atoms with Crippen LogP contribution in [0, 0.1) is 6.92 Å². The Morgan fingerprint density at radius 1 is 1.45 bits per heavy atom. The molecule has 1 aromatic carbocycles. The second-order valence-electron chi connectivity index (χ2n) is 4.38. The number of amides is 1. The van der Waals surface area contributed by atoms with Crippen LogP contribution in [0.3, 0.4) is 0 Å². The van der Waals surface area contributed by atoms with E-state index >= 15 is 0 Å². The molecule has 0 aliphatic carbocycles. The normalized spacial score (nSPS) is 10.8. The van der Waals surface area contributed by atoms with Gasteiger partial charge in [-0.1, -0.05) is 23.5 Å². The number of H-pyrrole nitrogens is 1. The van der Waals surface area contributed by atoms with Crippen molar-refractivity contribution in [1.29, 1.82) is 0 Å². The van der Waals surface area contributed by atoms with E-state index in [4.69, 9.17) is 0 Å². The zero-order valence-corrected chi connectivity index (χ0v) is 11.5. The molecular formula is C13H12N4O2S. The summed E-state index contributed by atoms with van der Waals surface area (Å²) < 4.78 is 1.43. The Bertz CT molecular complexity index is 797. The summed E-state index contributed by atoms with van der Waals surface area (Å²) in [6.07, 6.45) is 0. The van der Waals surface area contributed by atoms with Gasteiger partial charge in [0, 0.05) is 11.1 Å². The average molecular weight is 288 g/mol. The summed E-state index contributed by atoms with van der Waals surface area (Å²) >= 11 is 1.09. The number of aromatic amines is 1. The van der Waals surface area contributed by atoms with Crippen molar-refractivity contribution in [2.45, 2.75) is 13.5 Å². The van der Waals surface area contributed by atoms with Crippen molar-refractivity contribution >= 4 is 34.2 Å². The number of benzene rings is 1. The van der Waals surface area contributed by atoms with Crippen molar-refractivity contribution in [3.8, 4) is 0 Å². The number of hydrogen-bond acceptors (Lipinski definition) is 4. The number of aryl methyl sites for hydroxylation is 1. The Labute approximate surface area is 118 Å². The number of nitrogens with zero attached hydrogens (tertiary/aromatic N) is 2. The highest BCUT2D eigenvalue weighted by atomic mass is 32.1. The predicted octanol–water partition coefficient (Wildman–Crippen LogP) is 1.73. The standard InChI is InChI=1S/C13H12N4O2S/c1-8-7-20-13(19)17(8)6-11(18)16-12-14-9-4-2-3-5-10(9)15-12/h2-5,7H,6H2,1H3,(H2,14,15,16,18). The summed E-state index contributed by atoms with van der Waals surface area (Å²) in [6.45, 7) is 1.79. The van der Waals surface area contributed by atoms with Gasteiger partial charge in [-0.3, -0.25) is 19.5 Å². The molecule has 0 saturated heterocycles. The molecule has 1 amide bonds. The second kappa shape index (κ2) is 4.93. The second-order valence-corrected chi connectivity index (χ2v) is 5.20. The molecule has 0 bridgehead atoms. The number of nitrogens with one attached hydrogen (secondary N) is 2. The lowest BCUT2D eigenvalue weighted by atomic mass is 10.3. The number of para-hydroxylation sites is 2. The molecule has 0 saturated carbocycles. The Morgan fingerprint density at radius 3 is 2.95 bits per heavy atom. The summed E-state index contributed by atoms with van der Waals surface area (Å²) in [5.41, 5.74) is 2.41. The fraction of sp³-hybridized carbons (Fsp3) is 0.154. The van der Waals surface area contributed by atoms with E-state index in [1.807, 2.05) is 24.3 Å². The molecule has 2 aromatic heterocycles. The number of thiazole rings is 1. The van der Waals surface area contributed by atoms with Gasteiger partial charge in [-0.05, 0) is 19.1 Å². The van der Waals surface area contributed by atoms with Crippen LogP contribution in [-0.2, 0) is 11.3 Å². The SMILES string of the molecule is Cc1csc(=O)n1CC(=O)Nc1nc2ccccc2[nH]1. The lowest BCUT2D eigenvalue weighted by Crippen LogP contribution is -2.25. The molecule has 0 aliphatic heterocycles. The van der Waals surface area contributed by atoms with Gasteiger partial charge in [0.05, 0.1) is 11.0 Å². The number of carbonyl (C=O) groups excluding carboxylic acids is 1. The third kappa shape index (κ3) is 2.35. The highest BCUT2D eigenvalue weighted by molar-refractivity contribution is 7.07. The molecule has 0 spiro atoms. The van der Waals surface area contributed by atoms with E-state index in [0.717, 1.165) is 28.1 Å². The molecular weight excluding hydrogens is 276 g/mol. The lowest BCUT2D eigenvalue weighted by Gasteiger charge is -2.03. The van der Waals surface area contributed by atoms with Crippen LogP contribution in [0.25, 0.3) is 11.0 Å². The van der Waals surface area contributed by atoms with Gasteiger partial charge < -0.3 is 4.98 Å². The first-order valence-corrected chi connectivity index (χ1v) is 6.91. The Kier molecular flexibility index (Phi) is 3.11. The van der Waals surface area contributed by atoms with Crippen LogP contribution in [-0.4, -0.2) is 20.4 Å². The third-order valence-corrected chi connectivity index (χ3v) is 3.81. The summed E-state index contributed by atoms with van der Waals surface area (Å²) in [5.74, 6) is 0.102. The number of fused-ring (bicyclic) bond motifs is 1.